The summed E-state index contributed by atoms with van der Waals surface area (Å²) in [5, 5.41) is 16.9. The zero-order valence-corrected chi connectivity index (χ0v) is 21.4. The van der Waals surface area contributed by atoms with Crippen molar-refractivity contribution >= 4 is 46.2 Å². The molecule has 3 heterocycles. The van der Waals surface area contributed by atoms with E-state index in [1.165, 1.54) is 7.11 Å². The Labute approximate surface area is 224 Å². The highest BCUT2D eigenvalue weighted by Crippen LogP contribution is 2.43. The van der Waals surface area contributed by atoms with E-state index in [4.69, 9.17) is 28.6 Å². The maximum atomic E-state index is 12.0. The third kappa shape index (κ3) is 5.01. The zero-order chi connectivity index (χ0) is 25.9. The van der Waals surface area contributed by atoms with Crippen molar-refractivity contribution in [2.75, 3.05) is 23.9 Å². The molecule has 1 amide bonds. The SMILES string of the molecule is COCC(=O)Nc1ccc(N2C(=S)N[C@H](c3ccccn3)[C@H]2c2cccn2-c2ccc(O)cc2)cc1Cl. The molecular formula is C27H24ClN5O3S. The first kappa shape index (κ1) is 24.8. The molecule has 0 saturated carbocycles. The van der Waals surface area contributed by atoms with Gasteiger partial charge in [-0.25, -0.2) is 0 Å². The van der Waals surface area contributed by atoms with Crippen LogP contribution in [0, 0.1) is 0 Å². The van der Waals surface area contributed by atoms with Crippen LogP contribution in [-0.4, -0.2) is 39.4 Å². The second-order valence-corrected chi connectivity index (χ2v) is 9.26. The average molecular weight is 534 g/mol. The highest BCUT2D eigenvalue weighted by molar-refractivity contribution is 7.80. The quantitative estimate of drug-likeness (QED) is 0.288. The molecule has 2 atom stereocenters. The van der Waals surface area contributed by atoms with Crippen molar-refractivity contribution in [3.05, 3.63) is 102 Å². The molecule has 1 aliphatic rings. The van der Waals surface area contributed by atoms with E-state index in [9.17, 15) is 9.90 Å². The van der Waals surface area contributed by atoms with Gasteiger partial charge in [-0.15, -0.1) is 0 Å². The van der Waals surface area contributed by atoms with E-state index in [0.29, 0.717) is 15.8 Å². The molecule has 37 heavy (non-hydrogen) atoms. The highest BCUT2D eigenvalue weighted by atomic mass is 35.5. The number of ether oxygens (including phenoxy) is 1. The van der Waals surface area contributed by atoms with Crippen LogP contribution >= 0.6 is 23.8 Å². The van der Waals surface area contributed by atoms with Crippen LogP contribution in [-0.2, 0) is 9.53 Å². The van der Waals surface area contributed by atoms with E-state index >= 15 is 0 Å². The number of benzene rings is 2. The van der Waals surface area contributed by atoms with Crippen LogP contribution in [0.25, 0.3) is 5.69 Å². The van der Waals surface area contributed by atoms with Gasteiger partial charge in [0.15, 0.2) is 5.11 Å². The summed E-state index contributed by atoms with van der Waals surface area (Å²) in [4.78, 5) is 18.6. The van der Waals surface area contributed by atoms with Gasteiger partial charge in [-0.1, -0.05) is 17.7 Å². The molecule has 0 unspecified atom stereocenters. The van der Waals surface area contributed by atoms with Crippen LogP contribution in [0.2, 0.25) is 5.02 Å². The lowest BCUT2D eigenvalue weighted by Crippen LogP contribution is -2.30. The molecule has 0 aliphatic carbocycles. The Morgan fingerprint density at radius 3 is 2.62 bits per heavy atom. The van der Waals surface area contributed by atoms with Gasteiger partial charge in [0.05, 0.1) is 22.4 Å². The number of anilines is 2. The van der Waals surface area contributed by atoms with Gasteiger partial charge in [0, 0.05) is 36.6 Å². The number of pyridine rings is 1. The Morgan fingerprint density at radius 1 is 1.14 bits per heavy atom. The molecule has 10 heteroatoms. The van der Waals surface area contributed by atoms with E-state index in [0.717, 1.165) is 22.8 Å². The predicted octanol–water partition coefficient (Wildman–Crippen LogP) is 4.99. The lowest BCUT2D eigenvalue weighted by Gasteiger charge is -2.29. The number of carbonyl (C=O) groups excluding carboxylic acids is 1. The first-order valence-electron chi connectivity index (χ1n) is 11.5. The summed E-state index contributed by atoms with van der Waals surface area (Å²) < 4.78 is 6.95. The second kappa shape index (κ2) is 10.6. The number of aromatic nitrogens is 2. The number of carbonyl (C=O) groups is 1. The summed E-state index contributed by atoms with van der Waals surface area (Å²) in [6, 6.07) is 21.7. The summed E-state index contributed by atoms with van der Waals surface area (Å²) in [7, 11) is 1.46. The van der Waals surface area contributed by atoms with Crippen LogP contribution in [0.15, 0.2) is 85.2 Å². The van der Waals surface area contributed by atoms with Crippen LogP contribution < -0.4 is 15.5 Å². The number of rotatable bonds is 7. The smallest absolute Gasteiger partial charge is 0.250 e. The van der Waals surface area contributed by atoms with Crippen molar-refractivity contribution in [1.82, 2.24) is 14.9 Å². The third-order valence-electron chi connectivity index (χ3n) is 6.09. The predicted molar refractivity (Wildman–Crippen MR) is 147 cm³/mol. The van der Waals surface area contributed by atoms with Gasteiger partial charge >= 0.3 is 0 Å². The Hall–Kier alpha value is -3.92. The molecule has 4 aromatic rings. The molecule has 2 aromatic heterocycles. The van der Waals surface area contributed by atoms with E-state index < -0.39 is 0 Å². The summed E-state index contributed by atoms with van der Waals surface area (Å²) in [6.45, 7) is -0.0692. The van der Waals surface area contributed by atoms with Crippen LogP contribution in [0.3, 0.4) is 0 Å². The van der Waals surface area contributed by atoms with Gasteiger partial charge in [-0.05, 0) is 78.9 Å². The number of nitrogens with one attached hydrogen (secondary N) is 2. The maximum Gasteiger partial charge on any atom is 0.250 e. The van der Waals surface area contributed by atoms with E-state index in [-0.39, 0.29) is 30.3 Å². The molecule has 188 valence electrons. The first-order chi connectivity index (χ1) is 18.0. The molecule has 3 N–H and O–H groups in total. The van der Waals surface area contributed by atoms with Crippen molar-refractivity contribution in [2.24, 2.45) is 0 Å². The van der Waals surface area contributed by atoms with Crippen LogP contribution in [0.5, 0.6) is 5.75 Å². The lowest BCUT2D eigenvalue weighted by atomic mass is 10.0. The minimum atomic E-state index is -0.296. The van der Waals surface area contributed by atoms with Crippen molar-refractivity contribution in [3.8, 4) is 11.4 Å². The standard InChI is InChI=1S/C27H24ClN5O3S/c1-36-16-24(35)30-21-12-9-18(15-20(21)28)33-26(25(31-27(33)37)22-5-2-3-13-29-22)23-6-4-14-32(23)17-7-10-19(34)11-8-17/h2-15,25-26,34H,16H2,1H3,(H,30,35)(H,31,37)/t25-,26-/m1/s1. The number of amides is 1. The minimum Gasteiger partial charge on any atom is -0.508 e. The number of phenols is 1. The molecule has 0 bridgehead atoms. The monoisotopic (exact) mass is 533 g/mol. The molecule has 0 radical (unpaired) electrons. The van der Waals surface area contributed by atoms with Gasteiger partial charge in [-0.3, -0.25) is 9.78 Å². The molecule has 5 rings (SSSR count). The molecule has 2 aromatic carbocycles. The largest absolute Gasteiger partial charge is 0.508 e. The normalized spacial score (nSPS) is 17.0. The molecule has 8 nitrogen and oxygen atoms in total. The molecule has 0 spiro atoms. The Morgan fingerprint density at radius 2 is 1.92 bits per heavy atom. The van der Waals surface area contributed by atoms with E-state index in [1.807, 2.05) is 59.6 Å². The van der Waals surface area contributed by atoms with Crippen molar-refractivity contribution in [3.63, 3.8) is 0 Å². The molecule has 1 aliphatic heterocycles. The van der Waals surface area contributed by atoms with Gasteiger partial charge in [-0.2, -0.15) is 0 Å². The number of thiocarbonyl (C=S) groups is 1. The van der Waals surface area contributed by atoms with Gasteiger partial charge in [0.25, 0.3) is 0 Å². The number of halogens is 1. The minimum absolute atomic E-state index is 0.0692. The van der Waals surface area contributed by atoms with E-state index in [2.05, 4.69) is 20.2 Å². The molecular weight excluding hydrogens is 510 g/mol. The summed E-state index contributed by atoms with van der Waals surface area (Å²) in [5.41, 5.74) is 3.93. The van der Waals surface area contributed by atoms with Crippen molar-refractivity contribution in [2.45, 2.75) is 12.1 Å². The Balaban J connectivity index is 1.58. The number of nitrogens with zero attached hydrogens (tertiary/aromatic N) is 3. The van der Waals surface area contributed by atoms with Crippen LogP contribution in [0.4, 0.5) is 11.4 Å². The number of aromatic hydroxyl groups is 1. The fourth-order valence-corrected chi connectivity index (χ4v) is 5.06. The topological polar surface area (TPSA) is 91.7 Å². The Kier molecular flexibility index (Phi) is 7.09. The highest BCUT2D eigenvalue weighted by Gasteiger charge is 2.42. The number of phenolic OH excluding ortho intramolecular Hbond substituents is 1. The van der Waals surface area contributed by atoms with Crippen LogP contribution in [0.1, 0.15) is 23.5 Å². The number of hydrogen-bond acceptors (Lipinski definition) is 5. The number of methoxy groups -OCH3 is 1. The third-order valence-corrected chi connectivity index (χ3v) is 6.72. The second-order valence-electron chi connectivity index (χ2n) is 8.46. The zero-order valence-electron chi connectivity index (χ0n) is 19.8. The Bertz CT molecular complexity index is 1430. The van der Waals surface area contributed by atoms with Crippen molar-refractivity contribution < 1.29 is 14.6 Å². The molecule has 1 saturated heterocycles. The summed E-state index contributed by atoms with van der Waals surface area (Å²) in [5.74, 6) is -0.100. The average Bonchev–Trinajstić information content (AvgIpc) is 3.51. The van der Waals surface area contributed by atoms with Gasteiger partial charge in [0.1, 0.15) is 18.4 Å². The van der Waals surface area contributed by atoms with Gasteiger partial charge < -0.3 is 29.9 Å². The summed E-state index contributed by atoms with van der Waals surface area (Å²) in [6.07, 6.45) is 3.73. The number of hydrogen-bond donors (Lipinski definition) is 3. The summed E-state index contributed by atoms with van der Waals surface area (Å²) >= 11 is 12.4. The fourth-order valence-electron chi connectivity index (χ4n) is 4.49. The first-order valence-corrected chi connectivity index (χ1v) is 12.3. The maximum absolute atomic E-state index is 12.0. The lowest BCUT2D eigenvalue weighted by molar-refractivity contribution is -0.119. The fraction of sp³-hybridized carbons (Fsp3) is 0.148. The van der Waals surface area contributed by atoms with E-state index in [1.54, 1.807) is 30.5 Å². The van der Waals surface area contributed by atoms with Gasteiger partial charge in [0.2, 0.25) is 5.91 Å². The molecule has 1 fully saturated rings. The van der Waals surface area contributed by atoms with Crippen molar-refractivity contribution in [1.29, 1.82) is 0 Å².